The maximum absolute atomic E-state index is 12.8. The van der Waals surface area contributed by atoms with Crippen molar-refractivity contribution in [2.45, 2.75) is 13.2 Å². The van der Waals surface area contributed by atoms with Gasteiger partial charge in [-0.25, -0.2) is 0 Å². The Morgan fingerprint density at radius 3 is 2.41 bits per heavy atom. The number of thioether (sulfide) groups is 1. The summed E-state index contributed by atoms with van der Waals surface area (Å²) in [6.45, 7) is 0.482. The predicted molar refractivity (Wildman–Crippen MR) is 122 cm³/mol. The summed E-state index contributed by atoms with van der Waals surface area (Å²) in [6, 6.07) is 22.9. The fourth-order valence-corrected chi connectivity index (χ4v) is 3.97. The molecular weight excluding hydrogens is 428 g/mol. The number of nitro benzene ring substituents is 1. The fourth-order valence-electron chi connectivity index (χ4n) is 3.13. The molecule has 0 aromatic heterocycles. The summed E-state index contributed by atoms with van der Waals surface area (Å²) >= 11 is 0.869. The second-order valence-electron chi connectivity index (χ2n) is 7.04. The van der Waals surface area contributed by atoms with E-state index < -0.39 is 10.8 Å². The Bertz CT molecular complexity index is 1190. The fraction of sp³-hybridized carbons (Fsp3) is 0.0833. The number of rotatable bonds is 7. The van der Waals surface area contributed by atoms with E-state index in [-0.39, 0.29) is 17.5 Å². The van der Waals surface area contributed by atoms with Crippen LogP contribution in [0.25, 0.3) is 6.08 Å². The first kappa shape index (κ1) is 21.3. The van der Waals surface area contributed by atoms with E-state index in [0.29, 0.717) is 22.8 Å². The zero-order valence-corrected chi connectivity index (χ0v) is 17.7. The normalized spacial score (nSPS) is 14.8. The van der Waals surface area contributed by atoms with Crippen LogP contribution < -0.4 is 4.74 Å². The van der Waals surface area contributed by atoms with Crippen molar-refractivity contribution in [2.75, 3.05) is 0 Å². The Hall–Kier alpha value is -3.91. The van der Waals surface area contributed by atoms with E-state index in [1.165, 1.54) is 12.1 Å². The summed E-state index contributed by atoms with van der Waals surface area (Å²) in [5.74, 6) is 0.265. The van der Waals surface area contributed by atoms with Crippen molar-refractivity contribution < 1.29 is 19.2 Å². The molecule has 0 saturated carbocycles. The maximum atomic E-state index is 12.8. The van der Waals surface area contributed by atoms with Gasteiger partial charge in [0.1, 0.15) is 12.4 Å². The number of amides is 2. The van der Waals surface area contributed by atoms with Gasteiger partial charge >= 0.3 is 0 Å². The number of nitro groups is 1. The molecule has 8 heteroatoms. The number of carbonyl (C=O) groups is 2. The summed E-state index contributed by atoms with van der Waals surface area (Å²) in [7, 11) is 0. The minimum Gasteiger partial charge on any atom is -0.489 e. The lowest BCUT2D eigenvalue weighted by Crippen LogP contribution is -2.27. The number of ether oxygens (including phenoxy) is 1. The Kier molecular flexibility index (Phi) is 6.32. The molecule has 0 atom stereocenters. The minimum absolute atomic E-state index is 0.0443. The molecule has 4 rings (SSSR count). The first-order valence-corrected chi connectivity index (χ1v) is 10.6. The first-order chi connectivity index (χ1) is 15.5. The molecule has 1 fully saturated rings. The van der Waals surface area contributed by atoms with Gasteiger partial charge in [-0.15, -0.1) is 0 Å². The van der Waals surface area contributed by atoms with Crippen molar-refractivity contribution in [2.24, 2.45) is 0 Å². The highest BCUT2D eigenvalue weighted by Gasteiger charge is 2.35. The molecule has 0 N–H and O–H groups in total. The van der Waals surface area contributed by atoms with Crippen molar-refractivity contribution in [1.82, 2.24) is 4.90 Å². The summed E-state index contributed by atoms with van der Waals surface area (Å²) in [6.07, 6.45) is 1.66. The van der Waals surface area contributed by atoms with Crippen molar-refractivity contribution in [3.8, 4) is 5.75 Å². The Balaban J connectivity index is 1.44. The number of benzene rings is 3. The molecule has 0 spiro atoms. The zero-order valence-electron chi connectivity index (χ0n) is 16.8. The van der Waals surface area contributed by atoms with Crippen LogP contribution in [-0.2, 0) is 17.9 Å². The average Bonchev–Trinajstić information content (AvgIpc) is 3.06. The highest BCUT2D eigenvalue weighted by atomic mass is 32.2. The first-order valence-electron chi connectivity index (χ1n) is 9.75. The molecule has 1 aliphatic heterocycles. The highest BCUT2D eigenvalue weighted by Crippen LogP contribution is 2.34. The van der Waals surface area contributed by atoms with Gasteiger partial charge in [0, 0.05) is 12.1 Å². The monoisotopic (exact) mass is 446 g/mol. The molecule has 3 aromatic carbocycles. The smallest absolute Gasteiger partial charge is 0.293 e. The van der Waals surface area contributed by atoms with Gasteiger partial charge in [0.25, 0.3) is 16.8 Å². The molecule has 1 heterocycles. The van der Waals surface area contributed by atoms with Crippen molar-refractivity contribution in [1.29, 1.82) is 0 Å². The van der Waals surface area contributed by atoms with Gasteiger partial charge in [0.05, 0.1) is 16.4 Å². The number of hydrogen-bond acceptors (Lipinski definition) is 6. The van der Waals surface area contributed by atoms with Crippen molar-refractivity contribution in [3.05, 3.63) is 111 Å². The van der Waals surface area contributed by atoms with Crippen LogP contribution in [0.1, 0.15) is 16.7 Å². The van der Waals surface area contributed by atoms with Gasteiger partial charge in [-0.2, -0.15) is 0 Å². The van der Waals surface area contributed by atoms with E-state index in [9.17, 15) is 19.7 Å². The van der Waals surface area contributed by atoms with Crippen LogP contribution in [0, 0.1) is 10.1 Å². The standard InChI is InChI=1S/C24H18N2O5S/c27-23-22(32-24(28)25(23)15-17-9-11-20(12-10-17)26(29)30)14-19-7-4-8-21(13-19)31-16-18-5-2-1-3-6-18/h1-14H,15-16H2/b22-14+. The van der Waals surface area contributed by atoms with E-state index in [1.807, 2.05) is 54.6 Å². The zero-order chi connectivity index (χ0) is 22.5. The largest absolute Gasteiger partial charge is 0.489 e. The summed E-state index contributed by atoms with van der Waals surface area (Å²) in [4.78, 5) is 36.9. The number of carbonyl (C=O) groups excluding carboxylic acids is 2. The van der Waals surface area contributed by atoms with Crippen LogP contribution in [0.15, 0.2) is 83.8 Å². The van der Waals surface area contributed by atoms with Gasteiger partial charge in [0.15, 0.2) is 0 Å². The van der Waals surface area contributed by atoms with E-state index in [4.69, 9.17) is 4.74 Å². The van der Waals surface area contributed by atoms with E-state index in [1.54, 1.807) is 18.2 Å². The van der Waals surface area contributed by atoms with Crippen molar-refractivity contribution >= 4 is 34.7 Å². The molecular formula is C24H18N2O5S. The van der Waals surface area contributed by atoms with Gasteiger partial charge in [-0.1, -0.05) is 54.6 Å². The Morgan fingerprint density at radius 2 is 1.69 bits per heavy atom. The van der Waals surface area contributed by atoms with E-state index in [2.05, 4.69) is 0 Å². The maximum Gasteiger partial charge on any atom is 0.293 e. The third kappa shape index (κ3) is 5.04. The Morgan fingerprint density at radius 1 is 0.938 bits per heavy atom. The SMILES string of the molecule is O=C1S/C(=C/c2cccc(OCc3ccccc3)c2)C(=O)N1Cc1ccc([N+](=O)[O-])cc1. The topological polar surface area (TPSA) is 89.8 Å². The van der Waals surface area contributed by atoms with Gasteiger partial charge in [-0.3, -0.25) is 24.6 Å². The highest BCUT2D eigenvalue weighted by molar-refractivity contribution is 8.18. The van der Waals surface area contributed by atoms with Crippen molar-refractivity contribution in [3.63, 3.8) is 0 Å². The van der Waals surface area contributed by atoms with Crippen LogP contribution >= 0.6 is 11.8 Å². The van der Waals surface area contributed by atoms with Gasteiger partial charge in [-0.05, 0) is 46.7 Å². The Labute approximate surface area is 188 Å². The molecule has 0 radical (unpaired) electrons. The second kappa shape index (κ2) is 9.49. The molecule has 2 amide bonds. The average molecular weight is 446 g/mol. The van der Waals surface area contributed by atoms with E-state index >= 15 is 0 Å². The predicted octanol–water partition coefficient (Wildman–Crippen LogP) is 5.41. The van der Waals surface area contributed by atoms with E-state index in [0.717, 1.165) is 27.8 Å². The third-order valence-corrected chi connectivity index (χ3v) is 5.67. The lowest BCUT2D eigenvalue weighted by atomic mass is 10.2. The van der Waals surface area contributed by atoms with Gasteiger partial charge < -0.3 is 4.74 Å². The second-order valence-corrected chi connectivity index (χ2v) is 8.03. The molecule has 160 valence electrons. The molecule has 0 bridgehead atoms. The lowest BCUT2D eigenvalue weighted by Gasteiger charge is -2.12. The number of nitrogens with zero attached hydrogens (tertiary/aromatic N) is 2. The molecule has 32 heavy (non-hydrogen) atoms. The third-order valence-electron chi connectivity index (χ3n) is 4.77. The molecule has 0 unspecified atom stereocenters. The minimum atomic E-state index is -0.496. The molecule has 3 aromatic rings. The van der Waals surface area contributed by atoms with Crippen LogP contribution in [0.5, 0.6) is 5.75 Å². The lowest BCUT2D eigenvalue weighted by molar-refractivity contribution is -0.384. The molecule has 1 saturated heterocycles. The van der Waals surface area contributed by atoms with Crippen LogP contribution in [-0.4, -0.2) is 21.0 Å². The molecule has 7 nitrogen and oxygen atoms in total. The molecule has 0 aliphatic carbocycles. The van der Waals surface area contributed by atoms with Crippen LogP contribution in [0.3, 0.4) is 0 Å². The number of non-ortho nitro benzene ring substituents is 1. The van der Waals surface area contributed by atoms with Gasteiger partial charge in [0.2, 0.25) is 0 Å². The number of hydrogen-bond donors (Lipinski definition) is 0. The molecule has 1 aliphatic rings. The summed E-state index contributed by atoms with van der Waals surface area (Å²) in [5.41, 5.74) is 2.38. The summed E-state index contributed by atoms with van der Waals surface area (Å²) < 4.78 is 5.83. The number of imide groups is 1. The quantitative estimate of drug-likeness (QED) is 0.274. The van der Waals surface area contributed by atoms with Crippen LogP contribution in [0.4, 0.5) is 10.5 Å². The summed E-state index contributed by atoms with van der Waals surface area (Å²) in [5, 5.41) is 10.4. The van der Waals surface area contributed by atoms with Crippen LogP contribution in [0.2, 0.25) is 0 Å².